The molecule has 2 saturated heterocycles. The second kappa shape index (κ2) is 8.09. The average molecular weight is 367 g/mol. The number of nitrogens with one attached hydrogen (secondary N) is 1. The maximum Gasteiger partial charge on any atom is 0.227 e. The first-order valence-electron chi connectivity index (χ1n) is 8.80. The zero-order valence-corrected chi connectivity index (χ0v) is 14.7. The van der Waals surface area contributed by atoms with Crippen molar-refractivity contribution in [1.29, 1.82) is 0 Å². The summed E-state index contributed by atoms with van der Waals surface area (Å²) < 4.78 is 32.1. The summed E-state index contributed by atoms with van der Waals surface area (Å²) in [7, 11) is 0. The first-order valence-corrected chi connectivity index (χ1v) is 8.80. The summed E-state index contributed by atoms with van der Waals surface area (Å²) in [4.78, 5) is 28.1. The van der Waals surface area contributed by atoms with E-state index in [9.17, 15) is 18.4 Å². The van der Waals surface area contributed by atoms with Crippen LogP contribution in [-0.2, 0) is 14.3 Å². The minimum Gasteiger partial charge on any atom is -0.379 e. The van der Waals surface area contributed by atoms with Crippen LogP contribution in [0.1, 0.15) is 13.3 Å². The largest absolute Gasteiger partial charge is 0.379 e. The molecule has 0 aromatic heterocycles. The molecule has 0 radical (unpaired) electrons. The minimum atomic E-state index is -0.750. The lowest BCUT2D eigenvalue weighted by Gasteiger charge is -2.32. The number of morpholine rings is 1. The Labute approximate surface area is 151 Å². The van der Waals surface area contributed by atoms with Crippen molar-refractivity contribution >= 4 is 17.5 Å². The molecule has 1 aromatic carbocycles. The molecule has 0 saturated carbocycles. The number of carbonyl (C=O) groups is 2. The number of benzene rings is 1. The molecule has 0 aliphatic carbocycles. The standard InChI is InChI=1S/C18H23F2N3O3/c1-12(22-2-4-26-5-3-22)10-21-18(25)13-6-17(24)23(11-13)16-8-14(19)7-15(20)9-16/h7-9,12-13H,2-6,10-11H2,1H3,(H,21,25). The fourth-order valence-electron chi connectivity index (χ4n) is 3.37. The molecule has 0 bridgehead atoms. The lowest BCUT2D eigenvalue weighted by atomic mass is 10.1. The Kier molecular flexibility index (Phi) is 5.83. The van der Waals surface area contributed by atoms with Crippen LogP contribution < -0.4 is 10.2 Å². The summed E-state index contributed by atoms with van der Waals surface area (Å²) in [6, 6.07) is 3.12. The molecule has 2 aliphatic rings. The predicted octanol–water partition coefficient (Wildman–Crippen LogP) is 1.15. The van der Waals surface area contributed by atoms with E-state index in [4.69, 9.17) is 4.74 Å². The molecule has 2 unspecified atom stereocenters. The third-order valence-electron chi connectivity index (χ3n) is 4.90. The van der Waals surface area contributed by atoms with Crippen LogP contribution in [0.4, 0.5) is 14.5 Å². The molecule has 0 spiro atoms. The number of amides is 2. The first kappa shape index (κ1) is 18.7. The molecule has 2 heterocycles. The molecule has 2 fully saturated rings. The van der Waals surface area contributed by atoms with Gasteiger partial charge in [0.2, 0.25) is 11.8 Å². The topological polar surface area (TPSA) is 61.9 Å². The highest BCUT2D eigenvalue weighted by Gasteiger charge is 2.35. The van der Waals surface area contributed by atoms with Crippen LogP contribution in [0.3, 0.4) is 0 Å². The van der Waals surface area contributed by atoms with E-state index in [0.717, 1.165) is 31.3 Å². The van der Waals surface area contributed by atoms with Crippen LogP contribution in [0.25, 0.3) is 0 Å². The van der Waals surface area contributed by atoms with Crippen molar-refractivity contribution in [3.8, 4) is 0 Å². The number of carbonyl (C=O) groups excluding carboxylic acids is 2. The summed E-state index contributed by atoms with van der Waals surface area (Å²) in [5, 5.41) is 2.89. The van der Waals surface area contributed by atoms with Crippen molar-refractivity contribution in [2.24, 2.45) is 5.92 Å². The second-order valence-corrected chi connectivity index (χ2v) is 6.78. The lowest BCUT2D eigenvalue weighted by molar-refractivity contribution is -0.126. The first-order chi connectivity index (χ1) is 12.4. The van der Waals surface area contributed by atoms with E-state index in [2.05, 4.69) is 10.2 Å². The van der Waals surface area contributed by atoms with E-state index < -0.39 is 17.6 Å². The lowest BCUT2D eigenvalue weighted by Crippen LogP contribution is -2.48. The Balaban J connectivity index is 1.55. The second-order valence-electron chi connectivity index (χ2n) is 6.78. The van der Waals surface area contributed by atoms with Gasteiger partial charge in [-0.25, -0.2) is 8.78 Å². The Morgan fingerprint density at radius 3 is 2.58 bits per heavy atom. The Hall–Kier alpha value is -2.06. The van der Waals surface area contributed by atoms with Crippen molar-refractivity contribution in [3.05, 3.63) is 29.8 Å². The van der Waals surface area contributed by atoms with Gasteiger partial charge in [0.1, 0.15) is 11.6 Å². The minimum absolute atomic E-state index is 0.0376. The van der Waals surface area contributed by atoms with E-state index in [1.807, 2.05) is 6.92 Å². The zero-order valence-electron chi connectivity index (χ0n) is 14.7. The van der Waals surface area contributed by atoms with Gasteiger partial charge in [0, 0.05) is 50.4 Å². The van der Waals surface area contributed by atoms with Gasteiger partial charge in [-0.2, -0.15) is 0 Å². The van der Waals surface area contributed by atoms with Crippen LogP contribution in [0, 0.1) is 17.6 Å². The Morgan fingerprint density at radius 2 is 1.92 bits per heavy atom. The van der Waals surface area contributed by atoms with E-state index >= 15 is 0 Å². The molecule has 3 rings (SSSR count). The molecule has 8 heteroatoms. The van der Waals surface area contributed by atoms with E-state index in [1.54, 1.807) is 0 Å². The van der Waals surface area contributed by atoms with Crippen LogP contribution >= 0.6 is 0 Å². The van der Waals surface area contributed by atoms with Gasteiger partial charge in [-0.3, -0.25) is 14.5 Å². The number of hydrogen-bond donors (Lipinski definition) is 1. The monoisotopic (exact) mass is 367 g/mol. The summed E-state index contributed by atoms with van der Waals surface area (Å²) in [6.45, 7) is 5.68. The normalized spacial score (nSPS) is 22.5. The summed E-state index contributed by atoms with van der Waals surface area (Å²) >= 11 is 0. The fourth-order valence-corrected chi connectivity index (χ4v) is 3.37. The number of nitrogens with zero attached hydrogens (tertiary/aromatic N) is 2. The molecule has 2 atom stereocenters. The average Bonchev–Trinajstić information content (AvgIpc) is 3.01. The quantitative estimate of drug-likeness (QED) is 0.848. The van der Waals surface area contributed by atoms with Crippen LogP contribution in [0.2, 0.25) is 0 Å². The fraction of sp³-hybridized carbons (Fsp3) is 0.556. The van der Waals surface area contributed by atoms with Crippen molar-refractivity contribution in [1.82, 2.24) is 10.2 Å². The number of ether oxygens (including phenoxy) is 1. The number of halogens is 2. The molecule has 6 nitrogen and oxygen atoms in total. The molecular weight excluding hydrogens is 344 g/mol. The van der Waals surface area contributed by atoms with Crippen molar-refractivity contribution < 1.29 is 23.1 Å². The smallest absolute Gasteiger partial charge is 0.227 e. The van der Waals surface area contributed by atoms with Crippen molar-refractivity contribution in [2.75, 3.05) is 44.3 Å². The predicted molar refractivity (Wildman–Crippen MR) is 91.7 cm³/mol. The number of anilines is 1. The highest BCUT2D eigenvalue weighted by atomic mass is 19.1. The molecule has 26 heavy (non-hydrogen) atoms. The Morgan fingerprint density at radius 1 is 1.27 bits per heavy atom. The van der Waals surface area contributed by atoms with E-state index in [0.29, 0.717) is 19.8 Å². The van der Waals surface area contributed by atoms with Gasteiger partial charge in [0.25, 0.3) is 0 Å². The SMILES string of the molecule is CC(CNC(=O)C1CC(=O)N(c2cc(F)cc(F)c2)C1)N1CCOCC1. The maximum absolute atomic E-state index is 13.4. The van der Waals surface area contributed by atoms with Gasteiger partial charge in [-0.05, 0) is 19.1 Å². The van der Waals surface area contributed by atoms with Gasteiger partial charge in [0.05, 0.1) is 19.1 Å². The summed E-state index contributed by atoms with van der Waals surface area (Å²) in [5.74, 6) is -2.54. The molecule has 1 N–H and O–H groups in total. The third kappa shape index (κ3) is 4.37. The Bertz CT molecular complexity index is 659. The van der Waals surface area contributed by atoms with Gasteiger partial charge in [-0.1, -0.05) is 0 Å². The highest BCUT2D eigenvalue weighted by molar-refractivity contribution is 6.00. The van der Waals surface area contributed by atoms with Crippen molar-refractivity contribution in [2.45, 2.75) is 19.4 Å². The number of hydrogen-bond acceptors (Lipinski definition) is 4. The van der Waals surface area contributed by atoms with Gasteiger partial charge in [-0.15, -0.1) is 0 Å². The van der Waals surface area contributed by atoms with Gasteiger partial charge < -0.3 is 15.0 Å². The zero-order chi connectivity index (χ0) is 18.7. The van der Waals surface area contributed by atoms with Gasteiger partial charge in [0.15, 0.2) is 0 Å². The third-order valence-corrected chi connectivity index (χ3v) is 4.90. The summed E-state index contributed by atoms with van der Waals surface area (Å²) in [6.07, 6.45) is 0.0376. The number of rotatable bonds is 5. The maximum atomic E-state index is 13.4. The molecular formula is C18H23F2N3O3. The van der Waals surface area contributed by atoms with E-state index in [-0.39, 0.29) is 36.5 Å². The summed E-state index contributed by atoms with van der Waals surface area (Å²) in [5.41, 5.74) is 0.143. The van der Waals surface area contributed by atoms with Crippen LogP contribution in [0.15, 0.2) is 18.2 Å². The van der Waals surface area contributed by atoms with Crippen molar-refractivity contribution in [3.63, 3.8) is 0 Å². The molecule has 2 amide bonds. The van der Waals surface area contributed by atoms with Crippen LogP contribution in [0.5, 0.6) is 0 Å². The highest BCUT2D eigenvalue weighted by Crippen LogP contribution is 2.26. The van der Waals surface area contributed by atoms with Gasteiger partial charge >= 0.3 is 0 Å². The molecule has 1 aromatic rings. The van der Waals surface area contributed by atoms with Crippen LogP contribution in [-0.4, -0.2) is 62.1 Å². The van der Waals surface area contributed by atoms with E-state index in [1.165, 1.54) is 4.90 Å². The molecule has 2 aliphatic heterocycles. The molecule has 142 valence electrons.